The Balaban J connectivity index is 2.68. The van der Waals surface area contributed by atoms with E-state index in [1.165, 1.54) is 0 Å². The summed E-state index contributed by atoms with van der Waals surface area (Å²) in [6, 6.07) is 0. The van der Waals surface area contributed by atoms with Gasteiger partial charge in [0.05, 0.1) is 19.0 Å². The molecule has 0 radical (unpaired) electrons. The zero-order valence-corrected chi connectivity index (χ0v) is 9.84. The summed E-state index contributed by atoms with van der Waals surface area (Å²) in [5, 5.41) is 4.14. The predicted octanol–water partition coefficient (Wildman–Crippen LogP) is 2.14. The van der Waals surface area contributed by atoms with E-state index in [0.29, 0.717) is 4.83 Å². The summed E-state index contributed by atoms with van der Waals surface area (Å²) in [5.41, 5.74) is 1.16. The highest BCUT2D eigenvalue weighted by molar-refractivity contribution is 9.09. The van der Waals surface area contributed by atoms with E-state index in [-0.39, 0.29) is 0 Å². The van der Waals surface area contributed by atoms with Crippen molar-refractivity contribution >= 4 is 15.9 Å². The number of methoxy groups -OCH3 is 1. The van der Waals surface area contributed by atoms with Gasteiger partial charge >= 0.3 is 0 Å². The fourth-order valence-corrected chi connectivity index (χ4v) is 1.46. The minimum atomic E-state index is 0.534. The van der Waals surface area contributed by atoms with Gasteiger partial charge in [-0.2, -0.15) is 5.10 Å². The minimum absolute atomic E-state index is 0.534. The summed E-state index contributed by atoms with van der Waals surface area (Å²) in [4.78, 5) is 0.534. The molecule has 13 heavy (non-hydrogen) atoms. The van der Waals surface area contributed by atoms with Crippen LogP contribution in [0.4, 0.5) is 0 Å². The molecule has 0 aliphatic heterocycles. The van der Waals surface area contributed by atoms with Crippen LogP contribution in [0.2, 0.25) is 0 Å². The second-order valence-electron chi connectivity index (χ2n) is 3.10. The van der Waals surface area contributed by atoms with Crippen LogP contribution in [0.25, 0.3) is 0 Å². The van der Waals surface area contributed by atoms with Gasteiger partial charge in [-0.15, -0.1) is 0 Å². The summed E-state index contributed by atoms with van der Waals surface area (Å²) < 4.78 is 7.07. The van der Waals surface area contributed by atoms with Gasteiger partial charge in [0.25, 0.3) is 0 Å². The average molecular weight is 247 g/mol. The lowest BCUT2D eigenvalue weighted by Crippen LogP contribution is -2.02. The highest BCUT2D eigenvalue weighted by Gasteiger charge is 2.09. The zero-order valence-electron chi connectivity index (χ0n) is 8.25. The van der Waals surface area contributed by atoms with E-state index in [0.717, 1.165) is 24.3 Å². The highest BCUT2D eigenvalue weighted by Crippen LogP contribution is 2.19. The van der Waals surface area contributed by atoms with Crippen LogP contribution in [-0.2, 0) is 13.5 Å². The molecule has 1 aromatic heterocycles. The summed E-state index contributed by atoms with van der Waals surface area (Å²) in [6.45, 7) is 2.14. The van der Waals surface area contributed by atoms with Crippen molar-refractivity contribution < 1.29 is 4.74 Å². The summed E-state index contributed by atoms with van der Waals surface area (Å²) in [6.07, 6.45) is 3.84. The lowest BCUT2D eigenvalue weighted by molar-refractivity contribution is 0.407. The first kappa shape index (κ1) is 10.6. The Kier molecular flexibility index (Phi) is 3.78. The quantitative estimate of drug-likeness (QED) is 0.762. The third-order valence-corrected chi connectivity index (χ3v) is 2.48. The van der Waals surface area contributed by atoms with Crippen LogP contribution in [0.1, 0.15) is 19.0 Å². The highest BCUT2D eigenvalue weighted by atomic mass is 79.9. The molecule has 74 valence electrons. The van der Waals surface area contributed by atoms with Gasteiger partial charge in [0, 0.05) is 11.9 Å². The molecular weight excluding hydrogens is 232 g/mol. The normalized spacial score (nSPS) is 12.9. The molecule has 1 rings (SSSR count). The van der Waals surface area contributed by atoms with Crippen LogP contribution in [0.5, 0.6) is 5.75 Å². The first-order chi connectivity index (χ1) is 6.15. The maximum absolute atomic E-state index is 5.20. The SMILES string of the molecule is COc1cnn(C)c1CCC(C)Br. The number of ether oxygens (including phenoxy) is 1. The van der Waals surface area contributed by atoms with Gasteiger partial charge < -0.3 is 4.74 Å². The van der Waals surface area contributed by atoms with Crippen molar-refractivity contribution in [3.05, 3.63) is 11.9 Å². The van der Waals surface area contributed by atoms with Crippen molar-refractivity contribution in [2.45, 2.75) is 24.6 Å². The number of rotatable bonds is 4. The number of aromatic nitrogens is 2. The first-order valence-corrected chi connectivity index (χ1v) is 5.25. The molecule has 4 heteroatoms. The van der Waals surface area contributed by atoms with Crippen molar-refractivity contribution in [1.29, 1.82) is 0 Å². The molecule has 1 atom stereocenters. The van der Waals surface area contributed by atoms with E-state index in [9.17, 15) is 0 Å². The first-order valence-electron chi connectivity index (χ1n) is 4.34. The molecule has 0 aliphatic carbocycles. The standard InChI is InChI=1S/C9H15BrN2O/c1-7(10)4-5-8-9(13-3)6-11-12(8)2/h6-7H,4-5H2,1-3H3. The fraction of sp³-hybridized carbons (Fsp3) is 0.667. The molecular formula is C9H15BrN2O. The summed E-state index contributed by atoms with van der Waals surface area (Å²) in [7, 11) is 3.62. The third kappa shape index (κ3) is 2.72. The lowest BCUT2D eigenvalue weighted by atomic mass is 10.2. The summed E-state index contributed by atoms with van der Waals surface area (Å²) >= 11 is 3.52. The van der Waals surface area contributed by atoms with Crippen LogP contribution >= 0.6 is 15.9 Å². The molecule has 3 nitrogen and oxygen atoms in total. The number of alkyl halides is 1. The Hall–Kier alpha value is -0.510. The Labute approximate surface area is 87.2 Å². The Morgan fingerprint density at radius 1 is 1.69 bits per heavy atom. The Bertz CT molecular complexity index is 271. The Morgan fingerprint density at radius 3 is 2.92 bits per heavy atom. The largest absolute Gasteiger partial charge is 0.493 e. The molecule has 1 unspecified atom stereocenters. The summed E-state index contributed by atoms with van der Waals surface area (Å²) in [5.74, 6) is 0.885. The Morgan fingerprint density at radius 2 is 2.38 bits per heavy atom. The number of nitrogens with zero attached hydrogens (tertiary/aromatic N) is 2. The second-order valence-corrected chi connectivity index (χ2v) is 4.67. The fourth-order valence-electron chi connectivity index (χ4n) is 1.23. The number of hydrogen-bond donors (Lipinski definition) is 0. The van der Waals surface area contributed by atoms with Crippen molar-refractivity contribution in [3.63, 3.8) is 0 Å². The van der Waals surface area contributed by atoms with Gasteiger partial charge in [-0.25, -0.2) is 0 Å². The number of halogens is 1. The van der Waals surface area contributed by atoms with Crippen LogP contribution in [0, 0.1) is 0 Å². The van der Waals surface area contributed by atoms with E-state index in [1.807, 2.05) is 11.7 Å². The topological polar surface area (TPSA) is 27.1 Å². The van der Waals surface area contributed by atoms with Gasteiger partial charge in [0.2, 0.25) is 0 Å². The molecule has 0 N–H and O–H groups in total. The molecule has 0 fully saturated rings. The van der Waals surface area contributed by atoms with Crippen molar-refractivity contribution in [3.8, 4) is 5.75 Å². The van der Waals surface area contributed by atoms with Crippen molar-refractivity contribution in [2.24, 2.45) is 7.05 Å². The van der Waals surface area contributed by atoms with Gasteiger partial charge in [0.1, 0.15) is 0 Å². The second kappa shape index (κ2) is 4.65. The van der Waals surface area contributed by atoms with Gasteiger partial charge in [0.15, 0.2) is 5.75 Å². The molecule has 1 aromatic rings. The molecule has 0 bridgehead atoms. The monoisotopic (exact) mass is 246 g/mol. The van der Waals surface area contributed by atoms with Gasteiger partial charge in [-0.1, -0.05) is 22.9 Å². The van der Waals surface area contributed by atoms with E-state index in [4.69, 9.17) is 4.74 Å². The van der Waals surface area contributed by atoms with Crippen molar-refractivity contribution in [2.75, 3.05) is 7.11 Å². The predicted molar refractivity (Wildman–Crippen MR) is 56.5 cm³/mol. The van der Waals surface area contributed by atoms with E-state index in [2.05, 4.69) is 28.0 Å². The molecule has 1 heterocycles. The van der Waals surface area contributed by atoms with Crippen LogP contribution < -0.4 is 4.74 Å². The lowest BCUT2D eigenvalue weighted by Gasteiger charge is -2.06. The molecule has 0 aromatic carbocycles. The minimum Gasteiger partial charge on any atom is -0.493 e. The third-order valence-electron chi connectivity index (χ3n) is 2.02. The van der Waals surface area contributed by atoms with Crippen molar-refractivity contribution in [1.82, 2.24) is 9.78 Å². The molecule has 0 aliphatic rings. The van der Waals surface area contributed by atoms with Gasteiger partial charge in [-0.05, 0) is 12.8 Å². The molecule has 0 saturated carbocycles. The van der Waals surface area contributed by atoms with Crippen LogP contribution in [-0.4, -0.2) is 21.7 Å². The molecule has 0 amide bonds. The zero-order chi connectivity index (χ0) is 9.84. The molecule has 0 spiro atoms. The molecule has 0 saturated heterocycles. The smallest absolute Gasteiger partial charge is 0.159 e. The average Bonchev–Trinajstić information content (AvgIpc) is 2.43. The van der Waals surface area contributed by atoms with Gasteiger partial charge in [-0.3, -0.25) is 4.68 Å². The van der Waals surface area contributed by atoms with E-state index >= 15 is 0 Å². The maximum atomic E-state index is 5.20. The van der Waals surface area contributed by atoms with Crippen LogP contribution in [0.3, 0.4) is 0 Å². The number of hydrogen-bond acceptors (Lipinski definition) is 2. The van der Waals surface area contributed by atoms with E-state index in [1.54, 1.807) is 13.3 Å². The van der Waals surface area contributed by atoms with Crippen LogP contribution in [0.15, 0.2) is 6.20 Å². The van der Waals surface area contributed by atoms with E-state index < -0.39 is 0 Å². The maximum Gasteiger partial charge on any atom is 0.159 e. The number of aryl methyl sites for hydroxylation is 1.